The van der Waals surface area contributed by atoms with E-state index in [1.165, 1.54) is 12.8 Å². The smallest absolute Gasteiger partial charge is 0.315 e. The summed E-state index contributed by atoms with van der Waals surface area (Å²) in [7, 11) is 0. The number of piperazine rings is 1. The molecule has 1 saturated carbocycles. The normalized spacial score (nSPS) is 24.3. The summed E-state index contributed by atoms with van der Waals surface area (Å²) >= 11 is 0. The molecule has 0 radical (unpaired) electrons. The number of carbonyl (C=O) groups is 1. The van der Waals surface area contributed by atoms with Crippen LogP contribution in [0.5, 0.6) is 0 Å². The van der Waals surface area contributed by atoms with Crippen molar-refractivity contribution in [2.24, 2.45) is 5.92 Å². The predicted octanol–water partition coefficient (Wildman–Crippen LogP) is 2.21. The molecule has 1 saturated heterocycles. The van der Waals surface area contributed by atoms with Gasteiger partial charge in [-0.25, -0.2) is 9.78 Å². The fourth-order valence-corrected chi connectivity index (χ4v) is 3.80. The maximum atomic E-state index is 12.1. The van der Waals surface area contributed by atoms with Crippen molar-refractivity contribution in [3.63, 3.8) is 0 Å². The lowest BCUT2D eigenvalue weighted by atomic mass is 10.1. The summed E-state index contributed by atoms with van der Waals surface area (Å²) in [4.78, 5) is 21.4. The van der Waals surface area contributed by atoms with Gasteiger partial charge in [0.2, 0.25) is 0 Å². The molecule has 2 amide bonds. The SMILES string of the molecule is CCN1CCN(c2cc(CNC(=O)N[C@H]3CCC[C@H]3C)ccn2)CC1. The summed E-state index contributed by atoms with van der Waals surface area (Å²) in [5.41, 5.74) is 1.09. The lowest BCUT2D eigenvalue weighted by Gasteiger charge is -2.34. The largest absolute Gasteiger partial charge is 0.354 e. The van der Waals surface area contributed by atoms with Crippen molar-refractivity contribution in [1.29, 1.82) is 0 Å². The van der Waals surface area contributed by atoms with Crippen LogP contribution in [0.25, 0.3) is 0 Å². The van der Waals surface area contributed by atoms with Crippen LogP contribution in [0, 0.1) is 5.92 Å². The van der Waals surface area contributed by atoms with Crippen LogP contribution in [0.15, 0.2) is 18.3 Å². The van der Waals surface area contributed by atoms with Gasteiger partial charge in [0.1, 0.15) is 5.82 Å². The second-order valence-corrected chi connectivity index (χ2v) is 7.29. The Morgan fingerprint density at radius 1 is 1.28 bits per heavy atom. The molecule has 1 aliphatic heterocycles. The van der Waals surface area contributed by atoms with Crippen LogP contribution in [0.1, 0.15) is 38.7 Å². The molecule has 1 aromatic rings. The highest BCUT2D eigenvalue weighted by Gasteiger charge is 2.24. The van der Waals surface area contributed by atoms with Crippen molar-refractivity contribution in [1.82, 2.24) is 20.5 Å². The average molecular weight is 345 g/mol. The Morgan fingerprint density at radius 2 is 2.08 bits per heavy atom. The Balaban J connectivity index is 1.49. The number of urea groups is 1. The van der Waals surface area contributed by atoms with Crippen LogP contribution in [0.3, 0.4) is 0 Å². The Kier molecular flexibility index (Phi) is 6.13. The van der Waals surface area contributed by atoms with E-state index < -0.39 is 0 Å². The van der Waals surface area contributed by atoms with E-state index in [0.717, 1.165) is 50.5 Å². The minimum Gasteiger partial charge on any atom is -0.354 e. The molecule has 3 rings (SSSR count). The van der Waals surface area contributed by atoms with E-state index in [2.05, 4.69) is 45.3 Å². The highest BCUT2D eigenvalue weighted by Crippen LogP contribution is 2.24. The summed E-state index contributed by atoms with van der Waals surface area (Å²) in [6.07, 6.45) is 5.36. The minimum absolute atomic E-state index is 0.0614. The topological polar surface area (TPSA) is 60.5 Å². The molecule has 1 aromatic heterocycles. The molecule has 0 aromatic carbocycles. The van der Waals surface area contributed by atoms with Crippen molar-refractivity contribution in [3.8, 4) is 0 Å². The number of aromatic nitrogens is 1. The van der Waals surface area contributed by atoms with E-state index in [1.807, 2.05) is 12.3 Å². The molecule has 2 heterocycles. The zero-order chi connectivity index (χ0) is 17.6. The van der Waals surface area contributed by atoms with Crippen molar-refractivity contribution in [2.45, 2.75) is 45.7 Å². The first-order valence-electron chi connectivity index (χ1n) is 9.62. The molecule has 2 fully saturated rings. The van der Waals surface area contributed by atoms with Gasteiger partial charge in [0.15, 0.2) is 0 Å². The summed E-state index contributed by atoms with van der Waals surface area (Å²) in [6.45, 7) is 10.3. The Bertz CT molecular complexity index is 571. The molecular formula is C19H31N5O. The van der Waals surface area contributed by atoms with Crippen LogP contribution in [-0.4, -0.2) is 54.7 Å². The van der Waals surface area contributed by atoms with Crippen LogP contribution in [0.2, 0.25) is 0 Å². The van der Waals surface area contributed by atoms with E-state index in [9.17, 15) is 4.79 Å². The quantitative estimate of drug-likeness (QED) is 0.859. The number of hydrogen-bond acceptors (Lipinski definition) is 4. The summed E-state index contributed by atoms with van der Waals surface area (Å²) in [5, 5.41) is 6.09. The highest BCUT2D eigenvalue weighted by molar-refractivity contribution is 5.74. The molecule has 0 bridgehead atoms. The molecule has 6 nitrogen and oxygen atoms in total. The van der Waals surface area contributed by atoms with Crippen molar-refractivity contribution in [3.05, 3.63) is 23.9 Å². The van der Waals surface area contributed by atoms with E-state index in [4.69, 9.17) is 0 Å². The predicted molar refractivity (Wildman–Crippen MR) is 101 cm³/mol. The van der Waals surface area contributed by atoms with Gasteiger partial charge in [0, 0.05) is 45.0 Å². The lowest BCUT2D eigenvalue weighted by Crippen LogP contribution is -2.46. The number of likely N-dealkylation sites (N-methyl/N-ethyl adjacent to an activating group) is 1. The minimum atomic E-state index is -0.0614. The summed E-state index contributed by atoms with van der Waals surface area (Å²) in [5.74, 6) is 1.60. The Morgan fingerprint density at radius 3 is 2.76 bits per heavy atom. The second-order valence-electron chi connectivity index (χ2n) is 7.29. The second kappa shape index (κ2) is 8.52. The van der Waals surface area contributed by atoms with E-state index in [0.29, 0.717) is 18.5 Å². The molecular weight excluding hydrogens is 314 g/mol. The molecule has 6 heteroatoms. The van der Waals surface area contributed by atoms with Gasteiger partial charge in [-0.15, -0.1) is 0 Å². The van der Waals surface area contributed by atoms with E-state index >= 15 is 0 Å². The van der Waals surface area contributed by atoms with Gasteiger partial charge in [-0.1, -0.05) is 20.3 Å². The average Bonchev–Trinajstić information content (AvgIpc) is 3.05. The lowest BCUT2D eigenvalue weighted by molar-refractivity contribution is 0.234. The maximum absolute atomic E-state index is 12.1. The first-order valence-corrected chi connectivity index (χ1v) is 9.62. The number of rotatable bonds is 5. The van der Waals surface area contributed by atoms with Crippen molar-refractivity contribution >= 4 is 11.8 Å². The van der Waals surface area contributed by atoms with Gasteiger partial charge >= 0.3 is 6.03 Å². The van der Waals surface area contributed by atoms with Crippen LogP contribution in [-0.2, 0) is 6.54 Å². The third kappa shape index (κ3) is 4.84. The highest BCUT2D eigenvalue weighted by atomic mass is 16.2. The van der Waals surface area contributed by atoms with Crippen LogP contribution >= 0.6 is 0 Å². The number of anilines is 1. The molecule has 25 heavy (non-hydrogen) atoms. The van der Waals surface area contributed by atoms with Gasteiger partial charge in [0.05, 0.1) is 0 Å². The van der Waals surface area contributed by atoms with Gasteiger partial charge in [-0.2, -0.15) is 0 Å². The number of nitrogens with one attached hydrogen (secondary N) is 2. The van der Waals surface area contributed by atoms with Crippen LogP contribution < -0.4 is 15.5 Å². The number of nitrogens with zero attached hydrogens (tertiary/aromatic N) is 3. The molecule has 2 aliphatic rings. The number of pyridine rings is 1. The van der Waals surface area contributed by atoms with Crippen molar-refractivity contribution in [2.75, 3.05) is 37.6 Å². The van der Waals surface area contributed by atoms with E-state index in [1.54, 1.807) is 0 Å². The number of amides is 2. The van der Waals surface area contributed by atoms with E-state index in [-0.39, 0.29) is 6.03 Å². The Labute approximate surface area is 151 Å². The van der Waals surface area contributed by atoms with Gasteiger partial charge in [-0.3, -0.25) is 0 Å². The van der Waals surface area contributed by atoms with Crippen LogP contribution in [0.4, 0.5) is 10.6 Å². The fourth-order valence-electron chi connectivity index (χ4n) is 3.80. The zero-order valence-electron chi connectivity index (χ0n) is 15.5. The summed E-state index contributed by atoms with van der Waals surface area (Å²) < 4.78 is 0. The summed E-state index contributed by atoms with van der Waals surface area (Å²) in [6, 6.07) is 4.33. The molecule has 0 spiro atoms. The first-order chi connectivity index (χ1) is 12.2. The van der Waals surface area contributed by atoms with Gasteiger partial charge in [-0.05, 0) is 43.0 Å². The molecule has 1 aliphatic carbocycles. The standard InChI is InChI=1S/C19H31N5O/c1-3-23-9-11-24(12-10-23)18-13-16(7-8-20-18)14-21-19(25)22-17-6-4-5-15(17)2/h7-8,13,15,17H,3-6,9-12,14H2,1-2H3,(H2,21,22,25)/t15-,17+/m1/s1. The number of hydrogen-bond donors (Lipinski definition) is 2. The van der Waals surface area contributed by atoms with Gasteiger partial charge in [0.25, 0.3) is 0 Å². The number of carbonyl (C=O) groups excluding carboxylic acids is 1. The zero-order valence-corrected chi connectivity index (χ0v) is 15.5. The Hall–Kier alpha value is -1.82. The molecule has 0 unspecified atom stereocenters. The fraction of sp³-hybridized carbons (Fsp3) is 0.684. The maximum Gasteiger partial charge on any atom is 0.315 e. The molecule has 138 valence electrons. The van der Waals surface area contributed by atoms with Crippen molar-refractivity contribution < 1.29 is 4.79 Å². The van der Waals surface area contributed by atoms with Gasteiger partial charge < -0.3 is 20.4 Å². The monoisotopic (exact) mass is 345 g/mol. The molecule has 2 N–H and O–H groups in total. The third-order valence-electron chi connectivity index (χ3n) is 5.58. The molecule has 2 atom stereocenters. The first kappa shape index (κ1) is 18.0. The third-order valence-corrected chi connectivity index (χ3v) is 5.58.